The van der Waals surface area contributed by atoms with Gasteiger partial charge in [-0.2, -0.15) is 0 Å². The normalized spacial score (nSPS) is 10.3. The summed E-state index contributed by atoms with van der Waals surface area (Å²) in [5, 5.41) is 0. The number of ether oxygens (including phenoxy) is 1. The summed E-state index contributed by atoms with van der Waals surface area (Å²) in [6.45, 7) is 0. The van der Waals surface area contributed by atoms with Crippen molar-refractivity contribution in [2.24, 2.45) is 0 Å². The molecule has 0 saturated heterocycles. The predicted molar refractivity (Wildman–Crippen MR) is 68.0 cm³/mol. The van der Waals surface area contributed by atoms with Gasteiger partial charge in [0.05, 0.1) is 11.6 Å². The number of halogens is 3. The second kappa shape index (κ2) is 5.47. The Morgan fingerprint density at radius 3 is 2.82 bits per heavy atom. The van der Waals surface area contributed by atoms with Gasteiger partial charge in [0.15, 0.2) is 11.6 Å². The summed E-state index contributed by atoms with van der Waals surface area (Å²) < 4.78 is 19.6. The average molecular weight is 317 g/mol. The molecule has 0 fully saturated rings. The Labute approximate surface area is 112 Å². The van der Waals surface area contributed by atoms with Gasteiger partial charge in [-0.3, -0.25) is 4.98 Å². The topological polar surface area (TPSA) is 22.1 Å². The number of alkyl halides is 1. The molecular formula is C12H8BrClFNO. The second-order valence-corrected chi connectivity index (χ2v) is 4.48. The van der Waals surface area contributed by atoms with Crippen LogP contribution in [0.5, 0.6) is 11.5 Å². The van der Waals surface area contributed by atoms with Gasteiger partial charge in [0, 0.05) is 16.7 Å². The van der Waals surface area contributed by atoms with Gasteiger partial charge in [0.1, 0.15) is 5.75 Å². The van der Waals surface area contributed by atoms with Crippen LogP contribution in [-0.4, -0.2) is 4.98 Å². The van der Waals surface area contributed by atoms with E-state index in [1.807, 2.05) is 0 Å². The molecule has 2 nitrogen and oxygen atoms in total. The van der Waals surface area contributed by atoms with Gasteiger partial charge in [0.2, 0.25) is 0 Å². The number of benzene rings is 1. The molecule has 0 atom stereocenters. The van der Waals surface area contributed by atoms with Gasteiger partial charge in [-0.15, -0.1) is 11.6 Å². The molecule has 2 aromatic rings. The molecule has 88 valence electrons. The SMILES string of the molecule is Fc1cc(Br)ccc1Oc1ccnc(CCl)c1. The summed E-state index contributed by atoms with van der Waals surface area (Å²) in [7, 11) is 0. The van der Waals surface area contributed by atoms with E-state index in [0.717, 1.165) is 0 Å². The third-order valence-corrected chi connectivity index (χ3v) is 2.81. The Morgan fingerprint density at radius 1 is 1.29 bits per heavy atom. The highest BCUT2D eigenvalue weighted by molar-refractivity contribution is 9.10. The lowest BCUT2D eigenvalue weighted by molar-refractivity contribution is 0.441. The first-order valence-corrected chi connectivity index (χ1v) is 6.15. The summed E-state index contributed by atoms with van der Waals surface area (Å²) in [6.07, 6.45) is 1.57. The van der Waals surface area contributed by atoms with Crippen LogP contribution in [-0.2, 0) is 5.88 Å². The number of rotatable bonds is 3. The highest BCUT2D eigenvalue weighted by Gasteiger charge is 2.05. The number of aromatic nitrogens is 1. The van der Waals surface area contributed by atoms with Crippen LogP contribution in [0.1, 0.15) is 5.69 Å². The van der Waals surface area contributed by atoms with Crippen LogP contribution in [0.25, 0.3) is 0 Å². The number of nitrogens with zero attached hydrogens (tertiary/aromatic N) is 1. The first-order chi connectivity index (χ1) is 8.19. The van der Waals surface area contributed by atoms with E-state index < -0.39 is 5.82 Å². The fourth-order valence-electron chi connectivity index (χ4n) is 1.28. The largest absolute Gasteiger partial charge is 0.454 e. The molecule has 1 aromatic heterocycles. The lowest BCUT2D eigenvalue weighted by Crippen LogP contribution is -1.91. The van der Waals surface area contributed by atoms with Crippen LogP contribution in [0.4, 0.5) is 4.39 Å². The fourth-order valence-corrected chi connectivity index (χ4v) is 1.76. The third kappa shape index (κ3) is 3.17. The molecule has 1 aromatic carbocycles. The van der Waals surface area contributed by atoms with Crippen LogP contribution in [0.15, 0.2) is 41.0 Å². The van der Waals surface area contributed by atoms with Gasteiger partial charge >= 0.3 is 0 Å². The van der Waals surface area contributed by atoms with Crippen molar-refractivity contribution in [2.75, 3.05) is 0 Å². The number of hydrogen-bond donors (Lipinski definition) is 0. The molecule has 0 amide bonds. The Bertz CT molecular complexity index is 536. The van der Waals surface area contributed by atoms with E-state index in [4.69, 9.17) is 16.3 Å². The smallest absolute Gasteiger partial charge is 0.166 e. The van der Waals surface area contributed by atoms with Crippen LogP contribution in [0, 0.1) is 5.82 Å². The Balaban J connectivity index is 2.25. The van der Waals surface area contributed by atoms with Gasteiger partial charge in [-0.25, -0.2) is 4.39 Å². The lowest BCUT2D eigenvalue weighted by Gasteiger charge is -2.07. The maximum atomic E-state index is 13.5. The molecule has 0 N–H and O–H groups in total. The molecule has 0 unspecified atom stereocenters. The van der Waals surface area contributed by atoms with Crippen molar-refractivity contribution >= 4 is 27.5 Å². The minimum Gasteiger partial charge on any atom is -0.454 e. The number of pyridine rings is 1. The van der Waals surface area contributed by atoms with Crippen molar-refractivity contribution in [3.63, 3.8) is 0 Å². The second-order valence-electron chi connectivity index (χ2n) is 3.29. The van der Waals surface area contributed by atoms with Gasteiger partial charge in [-0.1, -0.05) is 15.9 Å². The molecule has 0 aliphatic carbocycles. The zero-order chi connectivity index (χ0) is 12.3. The van der Waals surface area contributed by atoms with E-state index in [9.17, 15) is 4.39 Å². The molecule has 1 heterocycles. The maximum Gasteiger partial charge on any atom is 0.166 e. The molecule has 0 aliphatic heterocycles. The molecule has 0 aliphatic rings. The van der Waals surface area contributed by atoms with Crippen molar-refractivity contribution in [3.05, 3.63) is 52.5 Å². The van der Waals surface area contributed by atoms with E-state index in [0.29, 0.717) is 21.8 Å². The standard InChI is InChI=1S/C12H8BrClFNO/c13-8-1-2-12(11(15)5-8)17-10-3-4-16-9(6-10)7-14/h1-6H,7H2. The first-order valence-electron chi connectivity index (χ1n) is 4.83. The average Bonchev–Trinajstić information content (AvgIpc) is 2.33. The van der Waals surface area contributed by atoms with E-state index >= 15 is 0 Å². The molecule has 17 heavy (non-hydrogen) atoms. The summed E-state index contributed by atoms with van der Waals surface area (Å²) in [5.41, 5.74) is 0.682. The molecule has 0 radical (unpaired) electrons. The predicted octanol–water partition coefficient (Wildman–Crippen LogP) is 4.51. The monoisotopic (exact) mass is 315 g/mol. The number of hydrogen-bond acceptors (Lipinski definition) is 2. The van der Waals surface area contributed by atoms with Crippen molar-refractivity contribution in [1.82, 2.24) is 4.98 Å². The van der Waals surface area contributed by atoms with E-state index in [-0.39, 0.29) is 5.75 Å². The van der Waals surface area contributed by atoms with E-state index in [1.165, 1.54) is 6.07 Å². The molecule has 0 saturated carbocycles. The molecular weight excluding hydrogens is 308 g/mol. The zero-order valence-electron chi connectivity index (χ0n) is 8.66. The summed E-state index contributed by atoms with van der Waals surface area (Å²) in [6, 6.07) is 7.94. The highest BCUT2D eigenvalue weighted by Crippen LogP contribution is 2.26. The van der Waals surface area contributed by atoms with Crippen molar-refractivity contribution in [3.8, 4) is 11.5 Å². The lowest BCUT2D eigenvalue weighted by atomic mass is 10.3. The van der Waals surface area contributed by atoms with Gasteiger partial charge in [-0.05, 0) is 24.3 Å². The van der Waals surface area contributed by atoms with Crippen LogP contribution < -0.4 is 4.74 Å². The van der Waals surface area contributed by atoms with E-state index in [1.54, 1.807) is 30.5 Å². The van der Waals surface area contributed by atoms with Crippen molar-refractivity contribution in [1.29, 1.82) is 0 Å². The molecule has 2 rings (SSSR count). The van der Waals surface area contributed by atoms with Crippen LogP contribution in [0.3, 0.4) is 0 Å². The Morgan fingerprint density at radius 2 is 2.12 bits per heavy atom. The van der Waals surface area contributed by atoms with Crippen LogP contribution >= 0.6 is 27.5 Å². The quantitative estimate of drug-likeness (QED) is 0.777. The van der Waals surface area contributed by atoms with Crippen molar-refractivity contribution < 1.29 is 9.13 Å². The maximum absolute atomic E-state index is 13.5. The Hall–Kier alpha value is -1.13. The minimum atomic E-state index is -0.427. The molecule has 0 spiro atoms. The fraction of sp³-hybridized carbons (Fsp3) is 0.0833. The highest BCUT2D eigenvalue weighted by atomic mass is 79.9. The third-order valence-electron chi connectivity index (χ3n) is 2.05. The first kappa shape index (κ1) is 12.3. The molecule has 0 bridgehead atoms. The summed E-state index contributed by atoms with van der Waals surface area (Å²) >= 11 is 8.84. The van der Waals surface area contributed by atoms with Crippen LogP contribution in [0.2, 0.25) is 0 Å². The summed E-state index contributed by atoms with van der Waals surface area (Å²) in [5.74, 6) is 0.542. The Kier molecular flexibility index (Phi) is 3.97. The summed E-state index contributed by atoms with van der Waals surface area (Å²) in [4.78, 5) is 4.02. The molecule has 5 heteroatoms. The van der Waals surface area contributed by atoms with Crippen molar-refractivity contribution in [2.45, 2.75) is 5.88 Å². The van der Waals surface area contributed by atoms with E-state index in [2.05, 4.69) is 20.9 Å². The van der Waals surface area contributed by atoms with Gasteiger partial charge in [0.25, 0.3) is 0 Å². The minimum absolute atomic E-state index is 0.167. The van der Waals surface area contributed by atoms with Gasteiger partial charge < -0.3 is 4.74 Å². The zero-order valence-corrected chi connectivity index (χ0v) is 11.0.